The number of rotatable bonds is 7. The predicted octanol–water partition coefficient (Wildman–Crippen LogP) is 2.70. The quantitative estimate of drug-likeness (QED) is 0.600. The molecule has 8 nitrogen and oxygen atoms in total. The summed E-state index contributed by atoms with van der Waals surface area (Å²) in [6.07, 6.45) is 5.65. The van der Waals surface area contributed by atoms with E-state index in [9.17, 15) is 9.59 Å². The van der Waals surface area contributed by atoms with E-state index in [4.69, 9.17) is 16.3 Å². The zero-order valence-corrected chi connectivity index (χ0v) is 20.8. The molecule has 2 saturated heterocycles. The van der Waals surface area contributed by atoms with Gasteiger partial charge in [-0.2, -0.15) is 5.10 Å². The zero-order valence-electron chi connectivity index (χ0n) is 20.1. The van der Waals surface area contributed by atoms with E-state index in [1.165, 1.54) is 0 Å². The van der Waals surface area contributed by atoms with Crippen molar-refractivity contribution in [3.8, 4) is 5.75 Å². The number of amides is 2. The summed E-state index contributed by atoms with van der Waals surface area (Å²) >= 11 is 6.14. The van der Waals surface area contributed by atoms with Crippen LogP contribution in [0.1, 0.15) is 24.8 Å². The summed E-state index contributed by atoms with van der Waals surface area (Å²) in [4.78, 5) is 32.5. The minimum atomic E-state index is -0.448. The van der Waals surface area contributed by atoms with Crippen molar-refractivity contribution < 1.29 is 14.3 Å². The Morgan fingerprint density at radius 1 is 1.12 bits per heavy atom. The molecule has 1 aromatic carbocycles. The molecule has 1 aromatic heterocycles. The van der Waals surface area contributed by atoms with Crippen LogP contribution in [-0.2, 0) is 16.1 Å². The first-order valence-corrected chi connectivity index (χ1v) is 12.3. The van der Waals surface area contributed by atoms with Crippen molar-refractivity contribution in [2.75, 3.05) is 52.9 Å². The summed E-state index contributed by atoms with van der Waals surface area (Å²) in [6, 6.07) is 7.30. The van der Waals surface area contributed by atoms with Gasteiger partial charge in [0, 0.05) is 62.3 Å². The molecule has 0 aliphatic carbocycles. The number of carbonyl (C=O) groups is 2. The number of benzene rings is 1. The average molecular weight is 488 g/mol. The van der Waals surface area contributed by atoms with Crippen LogP contribution in [0.5, 0.6) is 5.75 Å². The monoisotopic (exact) mass is 487 g/mol. The smallest absolute Gasteiger partial charge is 0.244 e. The largest absolute Gasteiger partial charge is 0.493 e. The molecule has 0 radical (unpaired) electrons. The van der Waals surface area contributed by atoms with Crippen molar-refractivity contribution in [2.45, 2.75) is 32.7 Å². The van der Waals surface area contributed by atoms with Crippen molar-refractivity contribution in [3.63, 3.8) is 0 Å². The molecule has 0 saturated carbocycles. The second-order valence-electron chi connectivity index (χ2n) is 9.74. The van der Waals surface area contributed by atoms with Crippen LogP contribution in [0.4, 0.5) is 0 Å². The van der Waals surface area contributed by atoms with Crippen molar-refractivity contribution in [3.05, 3.63) is 47.2 Å². The molecule has 34 heavy (non-hydrogen) atoms. The molecule has 4 rings (SSSR count). The van der Waals surface area contributed by atoms with Crippen molar-refractivity contribution in [2.24, 2.45) is 5.41 Å². The van der Waals surface area contributed by atoms with Crippen LogP contribution in [0.25, 0.3) is 0 Å². The first kappa shape index (κ1) is 24.5. The Bertz CT molecular complexity index is 1000. The summed E-state index contributed by atoms with van der Waals surface area (Å²) in [5.74, 6) is 0.830. The number of aryl methyl sites for hydroxylation is 1. The summed E-state index contributed by atoms with van der Waals surface area (Å²) in [7, 11) is 2.08. The van der Waals surface area contributed by atoms with Gasteiger partial charge in [0.1, 0.15) is 12.3 Å². The molecule has 2 aliphatic heterocycles. The Morgan fingerprint density at radius 3 is 2.62 bits per heavy atom. The number of hydrogen-bond acceptors (Lipinski definition) is 5. The molecule has 2 fully saturated rings. The van der Waals surface area contributed by atoms with E-state index in [0.29, 0.717) is 36.9 Å². The first-order chi connectivity index (χ1) is 16.3. The Kier molecular flexibility index (Phi) is 7.78. The lowest BCUT2D eigenvalue weighted by Gasteiger charge is -2.43. The summed E-state index contributed by atoms with van der Waals surface area (Å²) in [5.41, 5.74) is 0.574. The van der Waals surface area contributed by atoms with Gasteiger partial charge in [0.2, 0.25) is 11.8 Å². The van der Waals surface area contributed by atoms with Gasteiger partial charge in [-0.1, -0.05) is 17.7 Å². The molecule has 0 bridgehead atoms. The Hall–Kier alpha value is -2.58. The number of nitrogens with zero attached hydrogens (tertiary/aromatic N) is 5. The number of piperazine rings is 1. The fraction of sp³-hybridized carbons (Fsp3) is 0.560. The molecule has 2 aliphatic rings. The summed E-state index contributed by atoms with van der Waals surface area (Å²) < 4.78 is 7.84. The maximum atomic E-state index is 13.3. The number of likely N-dealkylation sites (tertiary alicyclic amines) is 1. The predicted molar refractivity (Wildman–Crippen MR) is 131 cm³/mol. The Morgan fingerprint density at radius 2 is 1.91 bits per heavy atom. The van der Waals surface area contributed by atoms with E-state index in [1.54, 1.807) is 23.0 Å². The van der Waals surface area contributed by atoms with Gasteiger partial charge in [-0.05, 0) is 50.6 Å². The molecule has 2 amide bonds. The zero-order chi connectivity index (χ0) is 24.1. The Labute approximate surface area is 206 Å². The molecule has 3 heterocycles. The highest BCUT2D eigenvalue weighted by Crippen LogP contribution is 2.36. The first-order valence-electron chi connectivity index (χ1n) is 11.9. The summed E-state index contributed by atoms with van der Waals surface area (Å²) in [5, 5.41) is 4.86. The minimum absolute atomic E-state index is 0.0157. The van der Waals surface area contributed by atoms with Crippen LogP contribution in [-0.4, -0.2) is 89.2 Å². The lowest BCUT2D eigenvalue weighted by atomic mass is 9.77. The van der Waals surface area contributed by atoms with Gasteiger partial charge >= 0.3 is 0 Å². The van der Waals surface area contributed by atoms with Crippen LogP contribution < -0.4 is 4.74 Å². The number of ether oxygens (including phenoxy) is 1. The molecule has 184 valence electrons. The minimum Gasteiger partial charge on any atom is -0.493 e. The SMILES string of the molecule is Cc1cnn(CC(=O)N2CCCC(COc3cccc(Cl)c3)(CC(=O)N3CCN(C)CC3)C2)c1. The van der Waals surface area contributed by atoms with Crippen molar-refractivity contribution in [1.29, 1.82) is 0 Å². The van der Waals surface area contributed by atoms with Gasteiger partial charge in [0.15, 0.2) is 0 Å². The Balaban J connectivity index is 1.48. The number of carbonyl (C=O) groups excluding carboxylic acids is 2. The topological polar surface area (TPSA) is 70.9 Å². The van der Waals surface area contributed by atoms with E-state index >= 15 is 0 Å². The van der Waals surface area contributed by atoms with Crippen LogP contribution in [0, 0.1) is 12.3 Å². The maximum Gasteiger partial charge on any atom is 0.244 e. The third kappa shape index (κ3) is 6.30. The summed E-state index contributed by atoms with van der Waals surface area (Å²) in [6.45, 7) is 6.92. The van der Waals surface area contributed by atoms with Gasteiger partial charge in [-0.25, -0.2) is 0 Å². The standard InChI is InChI=1S/C25H34ClN5O3/c1-20-15-27-31(16-20)17-24(33)30-8-4-7-25(18-30,19-34-22-6-3-5-21(26)13-22)14-23(32)29-11-9-28(2)10-12-29/h3,5-6,13,15-16H,4,7-12,14,17-19H2,1-2H3. The number of likely N-dealkylation sites (N-methyl/N-ethyl adjacent to an activating group) is 1. The van der Waals surface area contributed by atoms with E-state index < -0.39 is 5.41 Å². The highest BCUT2D eigenvalue weighted by atomic mass is 35.5. The normalized spacial score (nSPS) is 21.5. The van der Waals surface area contributed by atoms with E-state index in [0.717, 1.165) is 44.6 Å². The van der Waals surface area contributed by atoms with Gasteiger partial charge in [-0.15, -0.1) is 0 Å². The second-order valence-corrected chi connectivity index (χ2v) is 10.2. The number of halogens is 1. The molecule has 1 atom stereocenters. The fourth-order valence-corrected chi connectivity index (χ4v) is 4.99. The lowest BCUT2D eigenvalue weighted by molar-refractivity contribution is -0.142. The maximum absolute atomic E-state index is 13.3. The molecule has 2 aromatic rings. The van der Waals surface area contributed by atoms with E-state index in [1.807, 2.05) is 35.1 Å². The van der Waals surface area contributed by atoms with Gasteiger partial charge < -0.3 is 19.4 Å². The molecular weight excluding hydrogens is 454 g/mol. The number of piperidine rings is 1. The van der Waals surface area contributed by atoms with Gasteiger partial charge in [-0.3, -0.25) is 14.3 Å². The van der Waals surface area contributed by atoms with Crippen LogP contribution in [0.15, 0.2) is 36.7 Å². The lowest BCUT2D eigenvalue weighted by Crippen LogP contribution is -2.53. The molecular formula is C25H34ClN5O3. The van der Waals surface area contributed by atoms with E-state index in [-0.39, 0.29) is 18.4 Å². The van der Waals surface area contributed by atoms with Crippen LogP contribution in [0.3, 0.4) is 0 Å². The number of hydrogen-bond donors (Lipinski definition) is 0. The van der Waals surface area contributed by atoms with Crippen LogP contribution in [0.2, 0.25) is 5.02 Å². The van der Waals surface area contributed by atoms with E-state index in [2.05, 4.69) is 17.0 Å². The fourth-order valence-electron chi connectivity index (χ4n) is 4.81. The van der Waals surface area contributed by atoms with Gasteiger partial charge in [0.05, 0.1) is 12.8 Å². The molecule has 9 heteroatoms. The van der Waals surface area contributed by atoms with Crippen molar-refractivity contribution in [1.82, 2.24) is 24.5 Å². The highest BCUT2D eigenvalue weighted by molar-refractivity contribution is 6.30. The molecule has 1 unspecified atom stereocenters. The second kappa shape index (κ2) is 10.8. The molecule has 0 spiro atoms. The average Bonchev–Trinajstić information content (AvgIpc) is 3.23. The van der Waals surface area contributed by atoms with Gasteiger partial charge in [0.25, 0.3) is 0 Å². The van der Waals surface area contributed by atoms with Crippen molar-refractivity contribution >= 4 is 23.4 Å². The highest BCUT2D eigenvalue weighted by Gasteiger charge is 2.41. The number of aromatic nitrogens is 2. The molecule has 0 N–H and O–H groups in total. The third-order valence-electron chi connectivity index (χ3n) is 6.80. The third-order valence-corrected chi connectivity index (χ3v) is 7.03. The van der Waals surface area contributed by atoms with Crippen LogP contribution >= 0.6 is 11.6 Å².